The van der Waals surface area contributed by atoms with E-state index in [1.165, 1.54) is 4.68 Å². The van der Waals surface area contributed by atoms with E-state index in [-0.39, 0.29) is 23.6 Å². The summed E-state index contributed by atoms with van der Waals surface area (Å²) in [5.41, 5.74) is 6.51. The first-order chi connectivity index (χ1) is 16.1. The van der Waals surface area contributed by atoms with Gasteiger partial charge in [0.25, 0.3) is 11.5 Å². The number of carbonyl (C=O) groups is 2. The molecule has 33 heavy (non-hydrogen) atoms. The van der Waals surface area contributed by atoms with Crippen molar-refractivity contribution >= 4 is 22.6 Å². The number of hydrogen-bond donors (Lipinski definition) is 2. The van der Waals surface area contributed by atoms with Gasteiger partial charge in [0, 0.05) is 24.5 Å². The first-order valence-electron chi connectivity index (χ1n) is 10.7. The van der Waals surface area contributed by atoms with Crippen LogP contribution in [0.15, 0.2) is 71.8 Å². The van der Waals surface area contributed by atoms with Crippen molar-refractivity contribution in [2.75, 3.05) is 0 Å². The van der Waals surface area contributed by atoms with Gasteiger partial charge in [-0.25, -0.2) is 9.36 Å². The molecule has 9 heteroatoms. The van der Waals surface area contributed by atoms with Crippen LogP contribution in [0.5, 0.6) is 0 Å². The first-order valence-corrected chi connectivity index (χ1v) is 10.7. The van der Waals surface area contributed by atoms with Crippen molar-refractivity contribution in [3.63, 3.8) is 0 Å². The predicted octanol–water partition coefficient (Wildman–Crippen LogP) is 2.39. The maximum atomic E-state index is 12.7. The summed E-state index contributed by atoms with van der Waals surface area (Å²) in [4.78, 5) is 37.6. The van der Waals surface area contributed by atoms with Crippen LogP contribution in [0, 0.1) is 0 Å². The molecule has 168 valence electrons. The number of rotatable bonds is 7. The van der Waals surface area contributed by atoms with Crippen LogP contribution in [-0.4, -0.2) is 31.4 Å². The SMILES string of the molecule is CCCn1nc(C(=O)NNC(=O)CCc2cnn(-c3ccccc3)c2)c2ccccc2c1=O. The van der Waals surface area contributed by atoms with Crippen LogP contribution in [0.25, 0.3) is 16.5 Å². The van der Waals surface area contributed by atoms with Gasteiger partial charge in [0.2, 0.25) is 5.91 Å². The van der Waals surface area contributed by atoms with E-state index in [0.29, 0.717) is 30.2 Å². The van der Waals surface area contributed by atoms with E-state index in [0.717, 1.165) is 11.3 Å². The zero-order chi connectivity index (χ0) is 23.2. The number of benzene rings is 2. The normalized spacial score (nSPS) is 10.8. The van der Waals surface area contributed by atoms with Crippen molar-refractivity contribution in [3.8, 4) is 5.69 Å². The summed E-state index contributed by atoms with van der Waals surface area (Å²) in [6, 6.07) is 16.5. The molecule has 2 N–H and O–H groups in total. The van der Waals surface area contributed by atoms with E-state index >= 15 is 0 Å². The molecule has 2 aromatic carbocycles. The Balaban J connectivity index is 1.39. The van der Waals surface area contributed by atoms with E-state index in [2.05, 4.69) is 21.0 Å². The first kappa shape index (κ1) is 21.9. The number of aryl methyl sites for hydroxylation is 2. The summed E-state index contributed by atoms with van der Waals surface area (Å²) in [6.45, 7) is 2.32. The minimum absolute atomic E-state index is 0.0862. The largest absolute Gasteiger partial charge is 0.290 e. The highest BCUT2D eigenvalue weighted by Crippen LogP contribution is 2.13. The molecule has 4 aromatic rings. The van der Waals surface area contributed by atoms with Gasteiger partial charge in [-0.05, 0) is 36.6 Å². The van der Waals surface area contributed by atoms with Crippen LogP contribution in [0.2, 0.25) is 0 Å². The number of hydrogen-bond acceptors (Lipinski definition) is 5. The summed E-state index contributed by atoms with van der Waals surface area (Å²) in [6.07, 6.45) is 4.92. The molecule has 0 aliphatic heterocycles. The van der Waals surface area contributed by atoms with Crippen molar-refractivity contribution < 1.29 is 9.59 Å². The van der Waals surface area contributed by atoms with Gasteiger partial charge < -0.3 is 0 Å². The van der Waals surface area contributed by atoms with E-state index in [1.54, 1.807) is 35.1 Å². The second kappa shape index (κ2) is 9.90. The van der Waals surface area contributed by atoms with Gasteiger partial charge in [0.1, 0.15) is 0 Å². The molecule has 0 fully saturated rings. The minimum Gasteiger partial charge on any atom is -0.273 e. The quantitative estimate of drug-likeness (QED) is 0.425. The molecule has 0 aliphatic rings. The second-order valence-corrected chi connectivity index (χ2v) is 7.55. The maximum Gasteiger partial charge on any atom is 0.290 e. The van der Waals surface area contributed by atoms with Gasteiger partial charge in [0.05, 0.1) is 17.3 Å². The van der Waals surface area contributed by atoms with Crippen molar-refractivity contribution in [1.29, 1.82) is 0 Å². The van der Waals surface area contributed by atoms with E-state index < -0.39 is 5.91 Å². The number of nitrogens with one attached hydrogen (secondary N) is 2. The predicted molar refractivity (Wildman–Crippen MR) is 124 cm³/mol. The summed E-state index contributed by atoms with van der Waals surface area (Å²) in [7, 11) is 0. The number of fused-ring (bicyclic) bond motifs is 1. The molecule has 2 heterocycles. The van der Waals surface area contributed by atoms with Crippen LogP contribution >= 0.6 is 0 Å². The molecule has 0 unspecified atom stereocenters. The summed E-state index contributed by atoms with van der Waals surface area (Å²) < 4.78 is 3.03. The van der Waals surface area contributed by atoms with Crippen LogP contribution in [0.4, 0.5) is 0 Å². The number of carbonyl (C=O) groups excluding carboxylic acids is 2. The van der Waals surface area contributed by atoms with Crippen molar-refractivity contribution in [3.05, 3.63) is 88.6 Å². The average Bonchev–Trinajstić information content (AvgIpc) is 3.33. The average molecular weight is 444 g/mol. The highest BCUT2D eigenvalue weighted by Gasteiger charge is 2.17. The Hall–Kier alpha value is -4.27. The number of nitrogens with zero attached hydrogens (tertiary/aromatic N) is 4. The van der Waals surface area contributed by atoms with E-state index in [1.807, 2.05) is 43.5 Å². The highest BCUT2D eigenvalue weighted by atomic mass is 16.2. The van der Waals surface area contributed by atoms with Gasteiger partial charge in [0.15, 0.2) is 5.69 Å². The molecule has 0 saturated heterocycles. The third-order valence-electron chi connectivity index (χ3n) is 5.13. The molecular formula is C24H24N6O3. The Morgan fingerprint density at radius 2 is 1.70 bits per heavy atom. The Bertz CT molecular complexity index is 1340. The van der Waals surface area contributed by atoms with Gasteiger partial charge >= 0.3 is 0 Å². The molecule has 2 aromatic heterocycles. The molecule has 2 amide bonds. The zero-order valence-corrected chi connectivity index (χ0v) is 18.2. The Morgan fingerprint density at radius 1 is 0.970 bits per heavy atom. The third-order valence-corrected chi connectivity index (χ3v) is 5.13. The lowest BCUT2D eigenvalue weighted by atomic mass is 10.1. The van der Waals surface area contributed by atoms with Crippen molar-refractivity contribution in [2.24, 2.45) is 0 Å². The van der Waals surface area contributed by atoms with E-state index in [4.69, 9.17) is 0 Å². The zero-order valence-electron chi connectivity index (χ0n) is 18.2. The van der Waals surface area contributed by atoms with Crippen LogP contribution in [-0.2, 0) is 17.8 Å². The summed E-state index contributed by atoms with van der Waals surface area (Å²) in [5.74, 6) is -0.928. The van der Waals surface area contributed by atoms with Gasteiger partial charge in [-0.3, -0.25) is 25.2 Å². The van der Waals surface area contributed by atoms with E-state index in [9.17, 15) is 14.4 Å². The lowest BCUT2D eigenvalue weighted by Gasteiger charge is -2.11. The second-order valence-electron chi connectivity index (χ2n) is 7.55. The molecule has 0 aliphatic carbocycles. The highest BCUT2D eigenvalue weighted by molar-refractivity contribution is 6.05. The fourth-order valence-corrected chi connectivity index (χ4v) is 3.48. The molecule has 0 radical (unpaired) electrons. The minimum atomic E-state index is -0.582. The molecule has 0 atom stereocenters. The lowest BCUT2D eigenvalue weighted by Crippen LogP contribution is -2.42. The molecule has 0 bridgehead atoms. The number of amides is 2. The molecule has 0 spiro atoms. The van der Waals surface area contributed by atoms with Crippen LogP contribution in [0.1, 0.15) is 35.8 Å². The van der Waals surface area contributed by atoms with Gasteiger partial charge in [-0.15, -0.1) is 0 Å². The smallest absolute Gasteiger partial charge is 0.273 e. The fraction of sp³-hybridized carbons (Fsp3) is 0.208. The van der Waals surface area contributed by atoms with Gasteiger partial charge in [-0.2, -0.15) is 10.2 Å². The lowest BCUT2D eigenvalue weighted by molar-refractivity contribution is -0.121. The number of aromatic nitrogens is 4. The van der Waals surface area contributed by atoms with Crippen molar-refractivity contribution in [1.82, 2.24) is 30.4 Å². The molecular weight excluding hydrogens is 420 g/mol. The fourth-order valence-electron chi connectivity index (χ4n) is 3.48. The summed E-state index contributed by atoms with van der Waals surface area (Å²) >= 11 is 0. The molecule has 0 saturated carbocycles. The Kier molecular flexibility index (Phi) is 6.58. The number of hydrazine groups is 1. The van der Waals surface area contributed by atoms with Crippen molar-refractivity contribution in [2.45, 2.75) is 32.7 Å². The maximum absolute atomic E-state index is 12.7. The topological polar surface area (TPSA) is 111 Å². The van der Waals surface area contributed by atoms with Crippen LogP contribution < -0.4 is 16.4 Å². The van der Waals surface area contributed by atoms with Crippen LogP contribution in [0.3, 0.4) is 0 Å². The Labute approximate surface area is 190 Å². The summed E-state index contributed by atoms with van der Waals surface area (Å²) in [5, 5.41) is 9.39. The third kappa shape index (κ3) is 4.98. The number of para-hydroxylation sites is 1. The Morgan fingerprint density at radius 3 is 2.45 bits per heavy atom. The molecule has 9 nitrogen and oxygen atoms in total. The standard InChI is InChI=1S/C24H24N6O3/c1-2-14-29-24(33)20-11-7-6-10-19(20)22(28-29)23(32)27-26-21(31)13-12-17-15-25-30(16-17)18-8-4-3-5-9-18/h3-11,15-16H,2,12-14H2,1H3,(H,26,31)(H,27,32). The van der Waals surface area contributed by atoms with Gasteiger partial charge in [-0.1, -0.05) is 43.3 Å². The molecule has 4 rings (SSSR count). The monoisotopic (exact) mass is 444 g/mol.